The van der Waals surface area contributed by atoms with Crippen molar-refractivity contribution in [3.05, 3.63) is 34.4 Å². The Bertz CT molecular complexity index is 540. The lowest BCUT2D eigenvalue weighted by molar-refractivity contribution is 0.0959. The van der Waals surface area contributed by atoms with E-state index in [-0.39, 0.29) is 0 Å². The monoisotopic (exact) mass is 299 g/mol. The minimum atomic E-state index is 0.324. The number of hydrogen-bond donors (Lipinski definition) is 0. The predicted molar refractivity (Wildman–Crippen MR) is 91.5 cm³/mol. The van der Waals surface area contributed by atoms with E-state index in [2.05, 4.69) is 37.8 Å². The van der Waals surface area contributed by atoms with Gasteiger partial charge in [-0.15, -0.1) is 0 Å². The summed E-state index contributed by atoms with van der Waals surface area (Å²) < 4.78 is 0. The lowest BCUT2D eigenvalue weighted by Crippen LogP contribution is -2.31. The average molecular weight is 299 g/mol. The fraction of sp³-hybridized carbons (Fsp3) is 0.650. The first kappa shape index (κ1) is 15.7. The van der Waals surface area contributed by atoms with E-state index < -0.39 is 0 Å². The lowest BCUT2D eigenvalue weighted by Gasteiger charge is -2.24. The van der Waals surface area contributed by atoms with Crippen LogP contribution >= 0.6 is 0 Å². The Morgan fingerprint density at radius 1 is 1.09 bits per heavy atom. The number of Topliss-reactive ketones (excluding diaryl/α,β-unsaturated/α-hetero) is 1. The molecule has 1 aromatic rings. The number of aryl methyl sites for hydroxylation is 3. The van der Waals surface area contributed by atoms with Gasteiger partial charge in [0.1, 0.15) is 0 Å². The minimum Gasteiger partial charge on any atom is -0.303 e. The summed E-state index contributed by atoms with van der Waals surface area (Å²) in [6.45, 7) is 9.58. The number of rotatable bonds is 4. The molecule has 0 radical (unpaired) electrons. The van der Waals surface area contributed by atoms with Crippen molar-refractivity contribution in [2.45, 2.75) is 52.9 Å². The van der Waals surface area contributed by atoms with Gasteiger partial charge in [-0.25, -0.2) is 0 Å². The molecular formula is C20H29NO. The molecule has 1 aromatic carbocycles. The molecule has 3 rings (SSSR count). The highest BCUT2D eigenvalue weighted by Gasteiger charge is 2.30. The van der Waals surface area contributed by atoms with E-state index in [4.69, 9.17) is 0 Å². The number of nitrogens with zero attached hydrogens (tertiary/aromatic N) is 1. The molecule has 2 bridgehead atoms. The Balaban J connectivity index is 1.60. The molecular weight excluding hydrogens is 270 g/mol. The van der Waals surface area contributed by atoms with Crippen molar-refractivity contribution < 1.29 is 4.79 Å². The van der Waals surface area contributed by atoms with Crippen molar-refractivity contribution in [3.8, 4) is 0 Å². The molecule has 2 aliphatic rings. The third kappa shape index (κ3) is 3.43. The van der Waals surface area contributed by atoms with Gasteiger partial charge in [0, 0.05) is 25.1 Å². The first-order chi connectivity index (χ1) is 10.5. The quantitative estimate of drug-likeness (QED) is 0.772. The maximum Gasteiger partial charge on any atom is 0.164 e. The van der Waals surface area contributed by atoms with Crippen LogP contribution in [-0.4, -0.2) is 30.3 Å². The molecule has 120 valence electrons. The largest absolute Gasteiger partial charge is 0.303 e. The number of ketones is 1. The molecule has 1 aliphatic carbocycles. The summed E-state index contributed by atoms with van der Waals surface area (Å²) in [6.07, 6.45) is 6.29. The van der Waals surface area contributed by atoms with Crippen molar-refractivity contribution in [1.82, 2.24) is 4.90 Å². The summed E-state index contributed by atoms with van der Waals surface area (Å²) in [5.41, 5.74) is 4.48. The fourth-order valence-corrected chi connectivity index (χ4v) is 4.64. The zero-order chi connectivity index (χ0) is 15.7. The smallest absolute Gasteiger partial charge is 0.164 e. The second-order valence-electron chi connectivity index (χ2n) is 7.58. The number of hydrogen-bond acceptors (Lipinski definition) is 2. The van der Waals surface area contributed by atoms with Gasteiger partial charge in [-0.2, -0.15) is 0 Å². The highest BCUT2D eigenvalue weighted by atomic mass is 16.1. The van der Waals surface area contributed by atoms with Gasteiger partial charge in [0.05, 0.1) is 0 Å². The number of benzene rings is 1. The second kappa shape index (κ2) is 6.54. The second-order valence-corrected chi connectivity index (χ2v) is 7.58. The molecule has 1 aliphatic heterocycles. The van der Waals surface area contributed by atoms with Crippen molar-refractivity contribution in [3.63, 3.8) is 0 Å². The third-order valence-corrected chi connectivity index (χ3v) is 5.63. The van der Waals surface area contributed by atoms with Crippen molar-refractivity contribution in [1.29, 1.82) is 0 Å². The maximum atomic E-state index is 12.7. The molecule has 0 unspecified atom stereocenters. The number of fused-ring (bicyclic) bond motifs is 2. The Hall–Kier alpha value is -1.15. The molecule has 1 saturated carbocycles. The fourth-order valence-electron chi connectivity index (χ4n) is 4.64. The maximum absolute atomic E-state index is 12.7. The van der Waals surface area contributed by atoms with Crippen LogP contribution < -0.4 is 0 Å². The van der Waals surface area contributed by atoms with Gasteiger partial charge in [0.15, 0.2) is 5.78 Å². The summed E-state index contributed by atoms with van der Waals surface area (Å²) in [5, 5.41) is 0. The molecule has 2 fully saturated rings. The van der Waals surface area contributed by atoms with Crippen molar-refractivity contribution in [2.75, 3.05) is 19.6 Å². The van der Waals surface area contributed by atoms with Gasteiger partial charge < -0.3 is 4.90 Å². The summed E-state index contributed by atoms with van der Waals surface area (Å²) in [6, 6.07) is 4.26. The van der Waals surface area contributed by atoms with Gasteiger partial charge >= 0.3 is 0 Å². The van der Waals surface area contributed by atoms with Crippen LogP contribution in [0.15, 0.2) is 12.1 Å². The van der Waals surface area contributed by atoms with E-state index in [1.165, 1.54) is 44.3 Å². The van der Waals surface area contributed by atoms with E-state index in [1.807, 2.05) is 0 Å². The Kier molecular flexibility index (Phi) is 4.67. The van der Waals surface area contributed by atoms with E-state index in [0.717, 1.165) is 35.1 Å². The molecule has 0 aromatic heterocycles. The standard InChI is InChI=1S/C20H29NO/c1-14-10-15(2)20(16(3)11-14)19(22)7-9-21-8-6-17-4-5-18(12-17)13-21/h10-11,17-18H,4-9,12-13H2,1-3H3/t17-,18-/m0/s1. The summed E-state index contributed by atoms with van der Waals surface area (Å²) in [4.78, 5) is 15.2. The molecule has 2 heteroatoms. The molecule has 0 N–H and O–H groups in total. The van der Waals surface area contributed by atoms with E-state index in [0.29, 0.717) is 12.2 Å². The van der Waals surface area contributed by atoms with Crippen LogP contribution in [0.2, 0.25) is 0 Å². The highest BCUT2D eigenvalue weighted by molar-refractivity contribution is 5.99. The highest BCUT2D eigenvalue weighted by Crippen LogP contribution is 2.36. The van der Waals surface area contributed by atoms with E-state index in [1.54, 1.807) is 0 Å². The Morgan fingerprint density at radius 3 is 2.50 bits per heavy atom. The van der Waals surface area contributed by atoms with E-state index in [9.17, 15) is 4.79 Å². The normalized spacial score (nSPS) is 25.2. The average Bonchev–Trinajstić information content (AvgIpc) is 2.76. The molecule has 2 nitrogen and oxygen atoms in total. The lowest BCUT2D eigenvalue weighted by atomic mass is 9.95. The van der Waals surface area contributed by atoms with Gasteiger partial charge in [0.25, 0.3) is 0 Å². The number of carbonyl (C=O) groups excluding carboxylic acids is 1. The van der Waals surface area contributed by atoms with Crippen molar-refractivity contribution in [2.24, 2.45) is 11.8 Å². The Labute approximate surface area is 134 Å². The zero-order valence-electron chi connectivity index (χ0n) is 14.3. The minimum absolute atomic E-state index is 0.324. The molecule has 0 amide bonds. The summed E-state index contributed by atoms with van der Waals surface area (Å²) in [5.74, 6) is 2.18. The van der Waals surface area contributed by atoms with Crippen molar-refractivity contribution >= 4 is 5.78 Å². The first-order valence-electron chi connectivity index (χ1n) is 8.86. The topological polar surface area (TPSA) is 20.3 Å². The van der Waals surface area contributed by atoms with Crippen LogP contribution in [0, 0.1) is 32.6 Å². The van der Waals surface area contributed by atoms with Crippen LogP contribution in [0.3, 0.4) is 0 Å². The number of carbonyl (C=O) groups is 1. The molecule has 2 atom stereocenters. The number of likely N-dealkylation sites (tertiary alicyclic amines) is 1. The molecule has 0 spiro atoms. The van der Waals surface area contributed by atoms with Gasteiger partial charge in [-0.1, -0.05) is 24.1 Å². The molecule has 22 heavy (non-hydrogen) atoms. The summed E-state index contributed by atoms with van der Waals surface area (Å²) >= 11 is 0. The van der Waals surface area contributed by atoms with Crippen LogP contribution in [0.5, 0.6) is 0 Å². The molecule has 1 saturated heterocycles. The van der Waals surface area contributed by atoms with Gasteiger partial charge in [0.2, 0.25) is 0 Å². The van der Waals surface area contributed by atoms with Crippen LogP contribution in [-0.2, 0) is 0 Å². The van der Waals surface area contributed by atoms with Crippen LogP contribution in [0.4, 0.5) is 0 Å². The zero-order valence-corrected chi connectivity index (χ0v) is 14.3. The van der Waals surface area contributed by atoms with Gasteiger partial charge in [-0.05, 0) is 69.5 Å². The third-order valence-electron chi connectivity index (χ3n) is 5.63. The van der Waals surface area contributed by atoms with Crippen LogP contribution in [0.25, 0.3) is 0 Å². The summed E-state index contributed by atoms with van der Waals surface area (Å²) in [7, 11) is 0. The van der Waals surface area contributed by atoms with E-state index >= 15 is 0 Å². The van der Waals surface area contributed by atoms with Gasteiger partial charge in [-0.3, -0.25) is 4.79 Å². The van der Waals surface area contributed by atoms with Crippen LogP contribution in [0.1, 0.15) is 59.2 Å². The first-order valence-corrected chi connectivity index (χ1v) is 8.86. The predicted octanol–water partition coefficient (Wildman–Crippen LogP) is 4.31. The molecule has 1 heterocycles. The Morgan fingerprint density at radius 2 is 1.77 bits per heavy atom. The SMILES string of the molecule is Cc1cc(C)c(C(=O)CCN2CC[C@@H]3CC[C@@H](C3)C2)c(C)c1.